The van der Waals surface area contributed by atoms with Crippen molar-refractivity contribution in [1.29, 1.82) is 0 Å². The van der Waals surface area contributed by atoms with Crippen LogP contribution in [0.2, 0.25) is 0 Å². The van der Waals surface area contributed by atoms with Crippen molar-refractivity contribution in [2.45, 2.75) is 6.92 Å². The molecule has 0 spiro atoms. The first-order valence-corrected chi connectivity index (χ1v) is 5.63. The number of hydrogen-bond acceptors (Lipinski definition) is 6. The summed E-state index contributed by atoms with van der Waals surface area (Å²) >= 11 is 0. The van der Waals surface area contributed by atoms with Gasteiger partial charge < -0.3 is 30.3 Å². The maximum absolute atomic E-state index is 9.01. The molecule has 0 amide bonds. The smallest absolute Gasteiger partial charge is 0.202 e. The fourth-order valence-electron chi connectivity index (χ4n) is 1.46. The molecule has 5 N–H and O–H groups in total. The highest BCUT2D eigenvalue weighted by Gasteiger charge is 2.05. The summed E-state index contributed by atoms with van der Waals surface area (Å²) in [4.78, 5) is 0. The molecule has 0 fully saturated rings. The summed E-state index contributed by atoms with van der Waals surface area (Å²) in [6, 6.07) is 7.16. The van der Waals surface area contributed by atoms with Gasteiger partial charge in [-0.05, 0) is 36.8 Å². The molecule has 108 valence electrons. The normalized spacial score (nSPS) is 9.50. The lowest BCUT2D eigenvalue weighted by Crippen LogP contribution is -1.82. The Morgan fingerprint density at radius 1 is 0.800 bits per heavy atom. The fraction of sp³-hybridized carbons (Fsp3) is 0.143. The topological polar surface area (TPSA) is 110 Å². The molecule has 0 atom stereocenters. The Morgan fingerprint density at radius 3 is 1.60 bits per heavy atom. The maximum atomic E-state index is 9.01. The minimum absolute atomic E-state index is 0.0532. The van der Waals surface area contributed by atoms with Crippen LogP contribution in [0.25, 0.3) is 0 Å². The van der Waals surface area contributed by atoms with Gasteiger partial charge in [0.1, 0.15) is 0 Å². The molecular formula is C14H16O6. The van der Waals surface area contributed by atoms with E-state index in [1.807, 2.05) is 0 Å². The molecule has 0 aliphatic rings. The van der Waals surface area contributed by atoms with Crippen LogP contribution in [0.5, 0.6) is 34.5 Å². The third-order valence-corrected chi connectivity index (χ3v) is 2.39. The summed E-state index contributed by atoms with van der Waals surface area (Å²) < 4.78 is 4.68. The molecule has 0 aromatic heterocycles. The van der Waals surface area contributed by atoms with Crippen molar-refractivity contribution in [2.24, 2.45) is 0 Å². The summed E-state index contributed by atoms with van der Waals surface area (Å²) in [5, 5.41) is 44.6. The SMILES string of the molecule is COc1c(O)cccc1O.Cc1cc(O)c(O)c(O)c1. The Hall–Kier alpha value is -2.76. The molecule has 6 nitrogen and oxygen atoms in total. The molecule has 0 saturated heterocycles. The fourth-order valence-corrected chi connectivity index (χ4v) is 1.46. The maximum Gasteiger partial charge on any atom is 0.202 e. The first-order valence-electron chi connectivity index (χ1n) is 5.63. The number of rotatable bonds is 1. The van der Waals surface area contributed by atoms with Crippen molar-refractivity contribution in [3.8, 4) is 34.5 Å². The first kappa shape index (κ1) is 15.3. The minimum Gasteiger partial charge on any atom is -0.504 e. The van der Waals surface area contributed by atoms with Crippen molar-refractivity contribution in [1.82, 2.24) is 0 Å². The van der Waals surface area contributed by atoms with Gasteiger partial charge in [0.05, 0.1) is 7.11 Å². The van der Waals surface area contributed by atoms with E-state index in [1.165, 1.54) is 37.4 Å². The molecular weight excluding hydrogens is 264 g/mol. The van der Waals surface area contributed by atoms with Crippen LogP contribution in [0.15, 0.2) is 30.3 Å². The second-order valence-corrected chi connectivity index (χ2v) is 3.98. The van der Waals surface area contributed by atoms with E-state index in [0.717, 1.165) is 0 Å². The van der Waals surface area contributed by atoms with E-state index in [9.17, 15) is 0 Å². The van der Waals surface area contributed by atoms with E-state index in [1.54, 1.807) is 6.92 Å². The predicted molar refractivity (Wildman–Crippen MR) is 72.5 cm³/mol. The zero-order valence-corrected chi connectivity index (χ0v) is 11.0. The van der Waals surface area contributed by atoms with E-state index >= 15 is 0 Å². The Labute approximate surface area is 115 Å². The zero-order valence-electron chi connectivity index (χ0n) is 11.0. The number of methoxy groups -OCH3 is 1. The molecule has 0 unspecified atom stereocenters. The molecule has 20 heavy (non-hydrogen) atoms. The molecule has 2 aromatic carbocycles. The number of para-hydroxylation sites is 1. The number of phenolic OH excluding ortho intramolecular Hbond substituents is 5. The average molecular weight is 280 g/mol. The standard InChI is InChI=1S/2C7H8O3/c1-4-2-5(8)7(10)6(9)3-4;1-10-7-5(8)3-2-4-6(7)9/h2-3,8-10H,1H3;2-4,8-9H,1H3. The van der Waals surface area contributed by atoms with Gasteiger partial charge in [0.25, 0.3) is 0 Å². The molecule has 0 bridgehead atoms. The Bertz CT molecular complexity index is 551. The van der Waals surface area contributed by atoms with Crippen LogP contribution in [0.4, 0.5) is 0 Å². The molecule has 0 aliphatic carbocycles. The highest BCUT2D eigenvalue weighted by molar-refractivity contribution is 5.50. The molecule has 0 saturated carbocycles. The van der Waals surface area contributed by atoms with Crippen molar-refractivity contribution in [2.75, 3.05) is 7.11 Å². The number of ether oxygens (including phenoxy) is 1. The van der Waals surface area contributed by atoms with Gasteiger partial charge in [0.2, 0.25) is 5.75 Å². The van der Waals surface area contributed by atoms with Gasteiger partial charge in [0.15, 0.2) is 28.7 Å². The summed E-state index contributed by atoms with van der Waals surface area (Å²) in [5.41, 5.74) is 0.702. The average Bonchev–Trinajstić information content (AvgIpc) is 2.37. The molecule has 2 aromatic rings. The molecule has 6 heteroatoms. The second-order valence-electron chi connectivity index (χ2n) is 3.98. The Kier molecular flexibility index (Phi) is 4.91. The third-order valence-electron chi connectivity index (χ3n) is 2.39. The summed E-state index contributed by atoms with van der Waals surface area (Å²) in [7, 11) is 1.38. The van der Waals surface area contributed by atoms with Gasteiger partial charge >= 0.3 is 0 Å². The lowest BCUT2D eigenvalue weighted by molar-refractivity contribution is 0.344. The molecule has 0 aliphatic heterocycles. The quantitative estimate of drug-likeness (QED) is 0.512. The minimum atomic E-state index is -0.467. The molecule has 2 rings (SSSR count). The largest absolute Gasteiger partial charge is 0.504 e. The predicted octanol–water partition coefficient (Wildman–Crippen LogP) is 2.22. The van der Waals surface area contributed by atoms with Gasteiger partial charge in [-0.25, -0.2) is 0 Å². The number of aromatic hydroxyl groups is 5. The number of benzene rings is 2. The van der Waals surface area contributed by atoms with Crippen LogP contribution in [0, 0.1) is 6.92 Å². The van der Waals surface area contributed by atoms with E-state index < -0.39 is 5.75 Å². The van der Waals surface area contributed by atoms with Crippen LogP contribution in [-0.2, 0) is 0 Å². The van der Waals surface area contributed by atoms with Crippen LogP contribution < -0.4 is 4.74 Å². The molecule has 0 heterocycles. The van der Waals surface area contributed by atoms with Crippen LogP contribution in [-0.4, -0.2) is 32.6 Å². The molecule has 0 radical (unpaired) electrons. The highest BCUT2D eigenvalue weighted by atomic mass is 16.5. The van der Waals surface area contributed by atoms with Gasteiger partial charge in [-0.2, -0.15) is 0 Å². The lowest BCUT2D eigenvalue weighted by Gasteiger charge is -2.03. The van der Waals surface area contributed by atoms with Crippen molar-refractivity contribution in [3.05, 3.63) is 35.9 Å². The van der Waals surface area contributed by atoms with E-state index in [4.69, 9.17) is 25.5 Å². The Balaban J connectivity index is 0.000000200. The second kappa shape index (κ2) is 6.42. The van der Waals surface area contributed by atoms with Gasteiger partial charge in [-0.3, -0.25) is 0 Å². The van der Waals surface area contributed by atoms with Crippen LogP contribution in [0.1, 0.15) is 5.56 Å². The number of aryl methyl sites for hydroxylation is 1. The number of hydrogen-bond donors (Lipinski definition) is 5. The van der Waals surface area contributed by atoms with Crippen LogP contribution >= 0.6 is 0 Å². The highest BCUT2D eigenvalue weighted by Crippen LogP contribution is 2.35. The summed E-state index contributed by atoms with van der Waals surface area (Å²) in [6.07, 6.45) is 0. The van der Waals surface area contributed by atoms with Gasteiger partial charge in [0, 0.05) is 0 Å². The van der Waals surface area contributed by atoms with Crippen molar-refractivity contribution >= 4 is 0 Å². The monoisotopic (exact) mass is 280 g/mol. The van der Waals surface area contributed by atoms with Crippen molar-refractivity contribution < 1.29 is 30.3 Å². The van der Waals surface area contributed by atoms with Crippen LogP contribution in [0.3, 0.4) is 0 Å². The van der Waals surface area contributed by atoms with Crippen molar-refractivity contribution in [3.63, 3.8) is 0 Å². The van der Waals surface area contributed by atoms with Gasteiger partial charge in [-0.1, -0.05) is 6.07 Å². The van der Waals surface area contributed by atoms with Gasteiger partial charge in [-0.15, -0.1) is 0 Å². The first-order chi connectivity index (χ1) is 9.36. The zero-order chi connectivity index (χ0) is 15.3. The Morgan fingerprint density at radius 2 is 1.25 bits per heavy atom. The van der Waals surface area contributed by atoms with E-state index in [2.05, 4.69) is 4.74 Å². The summed E-state index contributed by atoms with van der Waals surface area (Å²) in [6.45, 7) is 1.71. The number of phenols is 5. The van der Waals surface area contributed by atoms with E-state index in [-0.39, 0.29) is 28.7 Å². The lowest BCUT2D eigenvalue weighted by atomic mass is 10.2. The third kappa shape index (κ3) is 3.61. The summed E-state index contributed by atoms with van der Waals surface area (Å²) in [5.74, 6) is -1.05. The van der Waals surface area contributed by atoms with E-state index in [0.29, 0.717) is 5.56 Å².